The third-order valence-corrected chi connectivity index (χ3v) is 2.31. The Kier molecular flexibility index (Phi) is 5.07. The first-order valence-electron chi connectivity index (χ1n) is 5.51. The van der Waals surface area contributed by atoms with Gasteiger partial charge < -0.3 is 16.2 Å². The topological polar surface area (TPSA) is 92.4 Å². The van der Waals surface area contributed by atoms with Crippen LogP contribution in [0.1, 0.15) is 12.0 Å². The molecule has 1 unspecified atom stereocenters. The number of rotatable bonds is 6. The first-order chi connectivity index (χ1) is 8.52. The molecule has 4 N–H and O–H groups in total. The number of nitrogens with one attached hydrogen (secondary N) is 1. The van der Waals surface area contributed by atoms with E-state index < -0.39 is 12.0 Å². The highest BCUT2D eigenvalue weighted by Crippen LogP contribution is 2.11. The minimum Gasteiger partial charge on any atom is -0.481 e. The van der Waals surface area contributed by atoms with Gasteiger partial charge in [0, 0.05) is 5.69 Å². The molecule has 0 aliphatic rings. The van der Waals surface area contributed by atoms with Crippen LogP contribution in [0.4, 0.5) is 5.69 Å². The van der Waals surface area contributed by atoms with E-state index in [9.17, 15) is 9.59 Å². The van der Waals surface area contributed by atoms with E-state index in [1.807, 2.05) is 0 Å². The lowest BCUT2D eigenvalue weighted by Crippen LogP contribution is -2.35. The van der Waals surface area contributed by atoms with Crippen LogP contribution in [0.25, 0.3) is 0 Å². The van der Waals surface area contributed by atoms with Crippen molar-refractivity contribution in [1.82, 2.24) is 0 Å². The van der Waals surface area contributed by atoms with Crippen molar-refractivity contribution >= 4 is 17.6 Å². The minimum atomic E-state index is -0.915. The van der Waals surface area contributed by atoms with Gasteiger partial charge >= 0.3 is 5.97 Å². The molecule has 0 heterocycles. The summed E-state index contributed by atoms with van der Waals surface area (Å²) in [4.78, 5) is 22.2. The molecule has 0 fully saturated rings. The molecular weight excluding hydrogens is 232 g/mol. The van der Waals surface area contributed by atoms with Crippen molar-refractivity contribution in [2.45, 2.75) is 18.9 Å². The summed E-state index contributed by atoms with van der Waals surface area (Å²) in [6, 6.07) is 6.03. The van der Waals surface area contributed by atoms with Gasteiger partial charge in [-0.2, -0.15) is 0 Å². The zero-order valence-corrected chi connectivity index (χ0v) is 9.93. The number of hydrogen-bond acceptors (Lipinski definition) is 3. The van der Waals surface area contributed by atoms with E-state index >= 15 is 0 Å². The van der Waals surface area contributed by atoms with Crippen molar-refractivity contribution in [3.05, 3.63) is 42.5 Å². The Morgan fingerprint density at radius 3 is 2.83 bits per heavy atom. The SMILES string of the molecule is C=CCC(N)C(=O)Nc1cccc(CC(=O)O)c1. The van der Waals surface area contributed by atoms with Crippen LogP contribution in [0, 0.1) is 0 Å². The van der Waals surface area contributed by atoms with Gasteiger partial charge in [-0.15, -0.1) is 6.58 Å². The number of aliphatic carboxylic acids is 1. The fraction of sp³-hybridized carbons (Fsp3) is 0.231. The summed E-state index contributed by atoms with van der Waals surface area (Å²) in [5.74, 6) is -1.23. The summed E-state index contributed by atoms with van der Waals surface area (Å²) in [6.07, 6.45) is 1.88. The van der Waals surface area contributed by atoms with E-state index in [0.29, 0.717) is 17.7 Å². The lowest BCUT2D eigenvalue weighted by atomic mass is 10.1. The number of carbonyl (C=O) groups excluding carboxylic acids is 1. The summed E-state index contributed by atoms with van der Waals surface area (Å²) in [5.41, 5.74) is 6.78. The maximum absolute atomic E-state index is 11.6. The number of amides is 1. The molecule has 5 heteroatoms. The van der Waals surface area contributed by atoms with Crippen LogP contribution in [0.3, 0.4) is 0 Å². The van der Waals surface area contributed by atoms with Crippen LogP contribution < -0.4 is 11.1 Å². The van der Waals surface area contributed by atoms with Crippen molar-refractivity contribution in [2.24, 2.45) is 5.73 Å². The molecule has 1 aromatic carbocycles. The average Bonchev–Trinajstić information content (AvgIpc) is 2.28. The number of nitrogens with two attached hydrogens (primary N) is 1. The van der Waals surface area contributed by atoms with E-state index in [4.69, 9.17) is 10.8 Å². The van der Waals surface area contributed by atoms with Gasteiger partial charge in [0.15, 0.2) is 0 Å². The van der Waals surface area contributed by atoms with Crippen LogP contribution in [0.5, 0.6) is 0 Å². The highest BCUT2D eigenvalue weighted by molar-refractivity contribution is 5.94. The largest absolute Gasteiger partial charge is 0.481 e. The van der Waals surface area contributed by atoms with E-state index in [2.05, 4.69) is 11.9 Å². The highest BCUT2D eigenvalue weighted by atomic mass is 16.4. The maximum atomic E-state index is 11.6. The third-order valence-electron chi connectivity index (χ3n) is 2.31. The average molecular weight is 248 g/mol. The van der Waals surface area contributed by atoms with Gasteiger partial charge in [-0.05, 0) is 24.1 Å². The molecule has 5 nitrogen and oxygen atoms in total. The van der Waals surface area contributed by atoms with E-state index in [0.717, 1.165) is 0 Å². The van der Waals surface area contributed by atoms with Crippen molar-refractivity contribution in [3.8, 4) is 0 Å². The quantitative estimate of drug-likeness (QED) is 0.658. The summed E-state index contributed by atoms with van der Waals surface area (Å²) in [5, 5.41) is 11.3. The van der Waals surface area contributed by atoms with Gasteiger partial charge in [0.2, 0.25) is 5.91 Å². The van der Waals surface area contributed by atoms with Crippen LogP contribution >= 0.6 is 0 Å². The van der Waals surface area contributed by atoms with Crippen LogP contribution in [0.2, 0.25) is 0 Å². The Morgan fingerprint density at radius 2 is 2.22 bits per heavy atom. The van der Waals surface area contributed by atoms with Crippen molar-refractivity contribution in [1.29, 1.82) is 0 Å². The molecule has 0 bridgehead atoms. The van der Waals surface area contributed by atoms with Gasteiger partial charge in [-0.25, -0.2) is 0 Å². The van der Waals surface area contributed by atoms with Crippen LogP contribution in [-0.4, -0.2) is 23.0 Å². The number of carboxylic acids is 1. The van der Waals surface area contributed by atoms with Gasteiger partial charge in [-0.1, -0.05) is 18.2 Å². The molecule has 0 spiro atoms. The van der Waals surface area contributed by atoms with E-state index in [-0.39, 0.29) is 12.3 Å². The number of carbonyl (C=O) groups is 2. The minimum absolute atomic E-state index is 0.0809. The molecule has 1 rings (SSSR count). The summed E-state index contributed by atoms with van der Waals surface area (Å²) in [6.45, 7) is 3.51. The second kappa shape index (κ2) is 6.56. The van der Waals surface area contributed by atoms with Crippen molar-refractivity contribution < 1.29 is 14.7 Å². The lowest BCUT2D eigenvalue weighted by molar-refractivity contribution is -0.136. The lowest BCUT2D eigenvalue weighted by Gasteiger charge is -2.10. The molecule has 1 aromatic rings. The maximum Gasteiger partial charge on any atom is 0.307 e. The Hall–Kier alpha value is -2.14. The second-order valence-corrected chi connectivity index (χ2v) is 3.89. The fourth-order valence-electron chi connectivity index (χ4n) is 1.46. The third kappa shape index (κ3) is 4.39. The number of benzene rings is 1. The smallest absolute Gasteiger partial charge is 0.307 e. The Bertz CT molecular complexity index is 457. The molecule has 0 saturated carbocycles. The Labute approximate surface area is 105 Å². The molecule has 1 atom stereocenters. The van der Waals surface area contributed by atoms with E-state index in [1.54, 1.807) is 30.3 Å². The van der Waals surface area contributed by atoms with Gasteiger partial charge in [0.05, 0.1) is 12.5 Å². The number of hydrogen-bond donors (Lipinski definition) is 3. The number of anilines is 1. The van der Waals surface area contributed by atoms with Gasteiger partial charge in [0.25, 0.3) is 0 Å². The standard InChI is InChI=1S/C13H16N2O3/c1-2-4-11(14)13(18)15-10-6-3-5-9(7-10)8-12(16)17/h2-3,5-7,11H,1,4,8,14H2,(H,15,18)(H,16,17). The van der Waals surface area contributed by atoms with Crippen molar-refractivity contribution in [2.75, 3.05) is 5.32 Å². The second-order valence-electron chi connectivity index (χ2n) is 3.89. The number of carboxylic acid groups (broad SMARTS) is 1. The predicted octanol–water partition coefficient (Wildman–Crippen LogP) is 1.16. The Morgan fingerprint density at radius 1 is 1.50 bits per heavy atom. The molecule has 0 aliphatic heterocycles. The zero-order chi connectivity index (χ0) is 13.5. The summed E-state index contributed by atoms with van der Waals surface area (Å²) >= 11 is 0. The monoisotopic (exact) mass is 248 g/mol. The van der Waals surface area contributed by atoms with Crippen molar-refractivity contribution in [3.63, 3.8) is 0 Å². The molecule has 1 amide bonds. The van der Waals surface area contributed by atoms with Crippen LogP contribution in [-0.2, 0) is 16.0 Å². The summed E-state index contributed by atoms with van der Waals surface area (Å²) in [7, 11) is 0. The molecule has 96 valence electrons. The molecular formula is C13H16N2O3. The molecule has 0 radical (unpaired) electrons. The molecule has 0 saturated heterocycles. The molecule has 0 aliphatic carbocycles. The predicted molar refractivity (Wildman–Crippen MR) is 69.2 cm³/mol. The molecule has 18 heavy (non-hydrogen) atoms. The summed E-state index contributed by atoms with van der Waals surface area (Å²) < 4.78 is 0. The normalized spacial score (nSPS) is 11.6. The zero-order valence-electron chi connectivity index (χ0n) is 9.93. The fourth-order valence-corrected chi connectivity index (χ4v) is 1.46. The highest BCUT2D eigenvalue weighted by Gasteiger charge is 2.11. The van der Waals surface area contributed by atoms with Gasteiger partial charge in [-0.3, -0.25) is 9.59 Å². The first-order valence-corrected chi connectivity index (χ1v) is 5.51. The van der Waals surface area contributed by atoms with Crippen LogP contribution in [0.15, 0.2) is 36.9 Å². The first kappa shape index (κ1) is 13.9. The Balaban J connectivity index is 2.69. The van der Waals surface area contributed by atoms with E-state index in [1.165, 1.54) is 0 Å². The molecule has 0 aromatic heterocycles. The van der Waals surface area contributed by atoms with Gasteiger partial charge in [0.1, 0.15) is 0 Å².